The molecule has 1 aliphatic rings. The largest absolute Gasteiger partial charge is 0.392 e. The van der Waals surface area contributed by atoms with E-state index >= 15 is 0 Å². The van der Waals surface area contributed by atoms with Crippen LogP contribution in [0.3, 0.4) is 0 Å². The number of rotatable bonds is 2. The van der Waals surface area contributed by atoms with Crippen LogP contribution in [-0.4, -0.2) is 5.11 Å². The molecule has 1 heterocycles. The van der Waals surface area contributed by atoms with E-state index < -0.39 is 0 Å². The fourth-order valence-corrected chi connectivity index (χ4v) is 3.37. The molecule has 0 atom stereocenters. The first-order valence-electron chi connectivity index (χ1n) is 6.03. The Hall–Kier alpha value is -1.51. The van der Waals surface area contributed by atoms with Gasteiger partial charge in [0.1, 0.15) is 0 Å². The van der Waals surface area contributed by atoms with Gasteiger partial charge in [-0.15, -0.1) is 0 Å². The summed E-state index contributed by atoms with van der Waals surface area (Å²) in [5, 5.41) is 9.42. The summed E-state index contributed by atoms with van der Waals surface area (Å²) in [6, 6.07) is 16.6. The van der Waals surface area contributed by atoms with E-state index in [-0.39, 0.29) is 6.61 Å². The minimum Gasteiger partial charge on any atom is -0.392 e. The van der Waals surface area contributed by atoms with Gasteiger partial charge in [0.2, 0.25) is 0 Å². The molecule has 0 saturated heterocycles. The Balaban J connectivity index is 1.98. The summed E-state index contributed by atoms with van der Waals surface area (Å²) >= 11 is 1.76. The quantitative estimate of drug-likeness (QED) is 0.878. The van der Waals surface area contributed by atoms with Crippen LogP contribution in [0.4, 0.5) is 0 Å². The first-order chi connectivity index (χ1) is 8.88. The maximum absolute atomic E-state index is 9.42. The molecule has 0 spiro atoms. The first kappa shape index (κ1) is 11.6. The molecule has 0 fully saturated rings. The number of benzene rings is 2. The van der Waals surface area contributed by atoms with Gasteiger partial charge in [-0.1, -0.05) is 66.4 Å². The Morgan fingerprint density at radius 1 is 1.00 bits per heavy atom. The maximum atomic E-state index is 9.42. The number of hydrogen-bond donors (Lipinski definition) is 1. The molecule has 0 saturated carbocycles. The van der Waals surface area contributed by atoms with Crippen LogP contribution in [0.15, 0.2) is 59.5 Å². The highest BCUT2D eigenvalue weighted by Gasteiger charge is 2.15. The minimum atomic E-state index is 0.109. The third-order valence-electron chi connectivity index (χ3n) is 3.13. The second-order valence-electron chi connectivity index (χ2n) is 4.30. The normalized spacial score (nSPS) is 13.9. The second kappa shape index (κ2) is 5.01. The van der Waals surface area contributed by atoms with Crippen molar-refractivity contribution in [1.29, 1.82) is 0 Å². The average Bonchev–Trinajstić information content (AvgIpc) is 2.47. The second-order valence-corrected chi connectivity index (χ2v) is 5.36. The molecule has 0 aliphatic carbocycles. The van der Waals surface area contributed by atoms with Gasteiger partial charge >= 0.3 is 0 Å². The van der Waals surface area contributed by atoms with E-state index in [2.05, 4.69) is 36.4 Å². The molecule has 0 unspecified atom stereocenters. The zero-order valence-corrected chi connectivity index (χ0v) is 10.8. The molecule has 3 rings (SSSR count). The summed E-state index contributed by atoms with van der Waals surface area (Å²) in [5.74, 6) is 0. The molecule has 0 radical (unpaired) electrons. The summed E-state index contributed by atoms with van der Waals surface area (Å²) in [7, 11) is 0. The van der Waals surface area contributed by atoms with E-state index in [4.69, 9.17) is 0 Å². The monoisotopic (exact) mass is 254 g/mol. The van der Waals surface area contributed by atoms with Crippen LogP contribution < -0.4 is 0 Å². The van der Waals surface area contributed by atoms with Gasteiger partial charge in [-0.05, 0) is 23.1 Å². The summed E-state index contributed by atoms with van der Waals surface area (Å²) in [5.41, 5.74) is 3.59. The average molecular weight is 254 g/mol. The van der Waals surface area contributed by atoms with Crippen molar-refractivity contribution >= 4 is 16.7 Å². The van der Waals surface area contributed by atoms with Crippen LogP contribution in [-0.2, 0) is 13.0 Å². The molecule has 90 valence electrons. The van der Waals surface area contributed by atoms with Crippen molar-refractivity contribution in [3.63, 3.8) is 0 Å². The number of aliphatic hydroxyl groups is 1. The lowest BCUT2D eigenvalue weighted by Crippen LogP contribution is -1.98. The summed E-state index contributed by atoms with van der Waals surface area (Å²) in [6.45, 7) is 0.109. The van der Waals surface area contributed by atoms with Crippen LogP contribution in [0.1, 0.15) is 16.7 Å². The van der Waals surface area contributed by atoms with Gasteiger partial charge in [0.15, 0.2) is 0 Å². The summed E-state index contributed by atoms with van der Waals surface area (Å²) < 4.78 is 0. The lowest BCUT2D eigenvalue weighted by Gasteiger charge is -2.19. The summed E-state index contributed by atoms with van der Waals surface area (Å²) in [6.07, 6.45) is 3.21. The highest BCUT2D eigenvalue weighted by atomic mass is 32.2. The van der Waals surface area contributed by atoms with Crippen LogP contribution >= 0.6 is 11.8 Å². The van der Waals surface area contributed by atoms with Crippen LogP contribution in [0, 0.1) is 0 Å². The maximum Gasteiger partial charge on any atom is 0.0692 e. The molecule has 1 aliphatic heterocycles. The molecule has 18 heavy (non-hydrogen) atoms. The van der Waals surface area contributed by atoms with Gasteiger partial charge in [0.25, 0.3) is 0 Å². The SMILES string of the molecule is OCc1cccc2c1SC(c1ccccc1)=CC2. The molecular formula is C16H14OS. The van der Waals surface area contributed by atoms with Crippen molar-refractivity contribution in [2.24, 2.45) is 0 Å². The summed E-state index contributed by atoms with van der Waals surface area (Å²) in [4.78, 5) is 2.50. The Kier molecular flexibility index (Phi) is 3.22. The molecule has 0 bridgehead atoms. The molecule has 1 nitrogen and oxygen atoms in total. The number of allylic oxidation sites excluding steroid dienone is 1. The Labute approximate surface area is 111 Å². The fraction of sp³-hybridized carbons (Fsp3) is 0.125. The highest BCUT2D eigenvalue weighted by molar-refractivity contribution is 8.08. The van der Waals surface area contributed by atoms with E-state index in [1.807, 2.05) is 18.2 Å². The molecular weight excluding hydrogens is 240 g/mol. The topological polar surface area (TPSA) is 20.2 Å². The van der Waals surface area contributed by atoms with E-state index in [0.717, 1.165) is 12.0 Å². The van der Waals surface area contributed by atoms with Crippen molar-refractivity contribution in [2.45, 2.75) is 17.9 Å². The number of hydrogen-bond acceptors (Lipinski definition) is 2. The first-order valence-corrected chi connectivity index (χ1v) is 6.85. The third kappa shape index (κ3) is 2.09. The molecule has 2 heteroatoms. The predicted molar refractivity (Wildman–Crippen MR) is 76.3 cm³/mol. The smallest absolute Gasteiger partial charge is 0.0692 e. The zero-order chi connectivity index (χ0) is 12.4. The number of thioether (sulfide) groups is 1. The third-order valence-corrected chi connectivity index (χ3v) is 4.48. The molecule has 0 aromatic heterocycles. The zero-order valence-electron chi connectivity index (χ0n) is 9.97. The molecule has 2 aromatic carbocycles. The highest BCUT2D eigenvalue weighted by Crippen LogP contribution is 2.42. The molecule has 1 N–H and O–H groups in total. The van der Waals surface area contributed by atoms with Gasteiger partial charge in [-0.3, -0.25) is 0 Å². The van der Waals surface area contributed by atoms with Gasteiger partial charge in [0.05, 0.1) is 6.61 Å². The standard InChI is InChI=1S/C16H14OS/c17-11-14-8-4-7-13-9-10-15(18-16(13)14)12-5-2-1-3-6-12/h1-8,10,17H,9,11H2. The van der Waals surface area contributed by atoms with Crippen molar-refractivity contribution in [3.05, 3.63) is 71.3 Å². The van der Waals surface area contributed by atoms with Crippen LogP contribution in [0.5, 0.6) is 0 Å². The van der Waals surface area contributed by atoms with Crippen molar-refractivity contribution < 1.29 is 5.11 Å². The Morgan fingerprint density at radius 3 is 2.61 bits per heavy atom. The van der Waals surface area contributed by atoms with E-state index in [9.17, 15) is 5.11 Å². The number of fused-ring (bicyclic) bond motifs is 1. The number of aliphatic hydroxyl groups excluding tert-OH is 1. The van der Waals surface area contributed by atoms with Crippen molar-refractivity contribution in [2.75, 3.05) is 0 Å². The predicted octanol–water partition coefficient (Wildman–Crippen LogP) is 3.87. The van der Waals surface area contributed by atoms with Gasteiger partial charge < -0.3 is 5.11 Å². The van der Waals surface area contributed by atoms with E-state index in [1.54, 1.807) is 11.8 Å². The Morgan fingerprint density at radius 2 is 1.83 bits per heavy atom. The molecule has 2 aromatic rings. The van der Waals surface area contributed by atoms with Crippen LogP contribution in [0.25, 0.3) is 4.91 Å². The van der Waals surface area contributed by atoms with Crippen molar-refractivity contribution in [3.8, 4) is 0 Å². The van der Waals surface area contributed by atoms with E-state index in [1.165, 1.54) is 20.9 Å². The van der Waals surface area contributed by atoms with Gasteiger partial charge in [0, 0.05) is 9.80 Å². The molecule has 0 amide bonds. The lowest BCUT2D eigenvalue weighted by atomic mass is 10.1. The van der Waals surface area contributed by atoms with Gasteiger partial charge in [-0.25, -0.2) is 0 Å². The van der Waals surface area contributed by atoms with Crippen molar-refractivity contribution in [1.82, 2.24) is 0 Å². The Bertz CT molecular complexity index is 587. The minimum absolute atomic E-state index is 0.109. The van der Waals surface area contributed by atoms with Crippen LogP contribution in [0.2, 0.25) is 0 Å². The van der Waals surface area contributed by atoms with E-state index in [0.29, 0.717) is 0 Å². The fourth-order valence-electron chi connectivity index (χ4n) is 2.19. The lowest BCUT2D eigenvalue weighted by molar-refractivity contribution is 0.278. The van der Waals surface area contributed by atoms with Gasteiger partial charge in [-0.2, -0.15) is 0 Å².